The molecule has 3 nitrogen and oxygen atoms in total. The van der Waals surface area contributed by atoms with Crippen LogP contribution in [-0.4, -0.2) is 12.3 Å². The fourth-order valence-corrected chi connectivity index (χ4v) is 15.4. The molecule has 4 heterocycles. The van der Waals surface area contributed by atoms with E-state index in [1.807, 2.05) is 0 Å². The number of benzene rings is 9. The lowest BCUT2D eigenvalue weighted by Crippen LogP contribution is -2.64. The standard InChI is InChI=1S/C68H58BN3/c1-65-38-16-17-39-67(65,3)71(59-35-31-50(41-56(59)65)46-21-10-6-11-22-46)53-43-61-63-62(44-53)72-64-55(66(2)40-37-49-25-14-15-26-54(49)68(66,72)4)27-18-28-57(64)69(63)58-42-51(47-23-12-7-13-24-47)32-36-60(58)70(61)52-33-29-48(30-34-52)45-19-8-5-9-20-45/h5-15,18-36,41-44H,16-17,37-40H2,1-4H3. The van der Waals surface area contributed by atoms with Gasteiger partial charge in [0.2, 0.25) is 0 Å². The Labute approximate surface area is 425 Å². The molecular formula is C68H58BN3. The van der Waals surface area contributed by atoms with Gasteiger partial charge in [-0.2, -0.15) is 0 Å². The van der Waals surface area contributed by atoms with Crippen LogP contribution in [-0.2, 0) is 22.8 Å². The molecule has 1 saturated carbocycles. The van der Waals surface area contributed by atoms with Crippen molar-refractivity contribution in [2.75, 3.05) is 14.7 Å². The molecule has 2 aliphatic carbocycles. The first-order valence-electron chi connectivity index (χ1n) is 26.5. The minimum Gasteiger partial charge on any atom is -0.334 e. The van der Waals surface area contributed by atoms with Crippen molar-refractivity contribution in [3.05, 3.63) is 229 Å². The van der Waals surface area contributed by atoms with Crippen LogP contribution in [0.2, 0.25) is 0 Å². The Hall–Kier alpha value is -7.56. The summed E-state index contributed by atoms with van der Waals surface area (Å²) in [4.78, 5) is 8.35. The average Bonchev–Trinajstić information content (AvgIpc) is 3.78. The maximum Gasteiger partial charge on any atom is 0.252 e. The quantitative estimate of drug-likeness (QED) is 0.159. The summed E-state index contributed by atoms with van der Waals surface area (Å²) in [5.41, 5.74) is 26.0. The van der Waals surface area contributed by atoms with Crippen LogP contribution in [0.3, 0.4) is 0 Å². The highest BCUT2D eigenvalue weighted by atomic mass is 15.3. The minimum atomic E-state index is -0.345. The van der Waals surface area contributed by atoms with E-state index in [-0.39, 0.29) is 28.6 Å². The molecule has 9 aromatic rings. The van der Waals surface area contributed by atoms with Crippen molar-refractivity contribution in [1.82, 2.24) is 0 Å². The molecule has 348 valence electrons. The second-order valence-corrected chi connectivity index (χ2v) is 22.6. The minimum absolute atomic E-state index is 0.0196. The SMILES string of the molecule is CC12CCCCC1(C)N(c1cc3c4c(c1)N1c5c(cccc5C5(C)CCc6ccccc6C15C)B4c1cc(-c4ccccc4)ccc1N3c1ccc(-c3ccccc3)cc1)c1ccc(-c3ccccc3)cc12. The van der Waals surface area contributed by atoms with Gasteiger partial charge in [-0.25, -0.2) is 0 Å². The van der Waals surface area contributed by atoms with E-state index in [0.717, 1.165) is 25.7 Å². The fraction of sp³-hybridized carbons (Fsp3) is 0.206. The van der Waals surface area contributed by atoms with Crippen LogP contribution in [0.1, 0.15) is 82.1 Å². The monoisotopic (exact) mass is 927 g/mol. The fourth-order valence-electron chi connectivity index (χ4n) is 15.4. The molecule has 15 rings (SSSR count). The number of rotatable bonds is 5. The Kier molecular flexibility index (Phi) is 8.78. The topological polar surface area (TPSA) is 9.72 Å². The Morgan fingerprint density at radius 3 is 1.69 bits per heavy atom. The molecule has 72 heavy (non-hydrogen) atoms. The summed E-state index contributed by atoms with van der Waals surface area (Å²) in [5, 5.41) is 0. The number of nitrogens with zero attached hydrogens (tertiary/aromatic N) is 3. The molecule has 6 aliphatic rings. The molecule has 9 aromatic carbocycles. The molecule has 0 N–H and O–H groups in total. The van der Waals surface area contributed by atoms with Gasteiger partial charge in [0.1, 0.15) is 0 Å². The summed E-state index contributed by atoms with van der Waals surface area (Å²) in [6.07, 6.45) is 6.92. The third-order valence-corrected chi connectivity index (χ3v) is 19.4. The number of para-hydroxylation sites is 1. The van der Waals surface area contributed by atoms with Crippen LogP contribution >= 0.6 is 0 Å². The highest BCUT2D eigenvalue weighted by Crippen LogP contribution is 2.66. The van der Waals surface area contributed by atoms with Crippen molar-refractivity contribution in [2.24, 2.45) is 0 Å². The van der Waals surface area contributed by atoms with E-state index >= 15 is 0 Å². The van der Waals surface area contributed by atoms with Crippen molar-refractivity contribution in [2.45, 2.75) is 88.1 Å². The molecule has 0 saturated heterocycles. The van der Waals surface area contributed by atoms with E-state index in [9.17, 15) is 0 Å². The Morgan fingerprint density at radius 1 is 0.389 bits per heavy atom. The highest BCUT2D eigenvalue weighted by molar-refractivity contribution is 7.00. The molecular weight excluding hydrogens is 870 g/mol. The van der Waals surface area contributed by atoms with Gasteiger partial charge in [0.15, 0.2) is 0 Å². The van der Waals surface area contributed by atoms with Gasteiger partial charge in [0, 0.05) is 50.6 Å². The predicted molar refractivity (Wildman–Crippen MR) is 303 cm³/mol. The Balaban J connectivity index is 1.04. The van der Waals surface area contributed by atoms with Gasteiger partial charge in [-0.05, 0) is 154 Å². The molecule has 0 radical (unpaired) electrons. The van der Waals surface area contributed by atoms with E-state index in [1.54, 1.807) is 0 Å². The maximum absolute atomic E-state index is 2.88. The van der Waals surface area contributed by atoms with Gasteiger partial charge in [-0.3, -0.25) is 0 Å². The van der Waals surface area contributed by atoms with Crippen molar-refractivity contribution in [3.63, 3.8) is 0 Å². The van der Waals surface area contributed by atoms with Crippen LogP contribution < -0.4 is 31.1 Å². The number of hydrogen-bond acceptors (Lipinski definition) is 3. The summed E-state index contributed by atoms with van der Waals surface area (Å²) in [5.74, 6) is 0. The van der Waals surface area contributed by atoms with Crippen LogP contribution in [0.4, 0.5) is 39.8 Å². The van der Waals surface area contributed by atoms with Gasteiger partial charge in [-0.15, -0.1) is 0 Å². The molecule has 4 unspecified atom stereocenters. The van der Waals surface area contributed by atoms with Crippen molar-refractivity contribution in [1.29, 1.82) is 0 Å². The molecule has 0 aromatic heterocycles. The summed E-state index contributed by atoms with van der Waals surface area (Å²) in [6.45, 7) is 10.4. The van der Waals surface area contributed by atoms with Crippen molar-refractivity contribution in [3.8, 4) is 33.4 Å². The van der Waals surface area contributed by atoms with E-state index in [1.165, 1.54) is 125 Å². The molecule has 1 fully saturated rings. The molecule has 0 bridgehead atoms. The number of aryl methyl sites for hydroxylation is 1. The van der Waals surface area contributed by atoms with Crippen LogP contribution in [0.15, 0.2) is 206 Å². The van der Waals surface area contributed by atoms with Gasteiger partial charge in [0.25, 0.3) is 6.71 Å². The lowest BCUT2D eigenvalue weighted by molar-refractivity contribution is 0.195. The van der Waals surface area contributed by atoms with E-state index < -0.39 is 0 Å². The molecule has 4 heteroatoms. The zero-order valence-electron chi connectivity index (χ0n) is 41.8. The number of hydrogen-bond donors (Lipinski definition) is 0. The molecule has 0 spiro atoms. The third-order valence-electron chi connectivity index (χ3n) is 19.4. The Morgan fingerprint density at radius 2 is 0.972 bits per heavy atom. The summed E-state index contributed by atoms with van der Waals surface area (Å²) < 4.78 is 0. The first kappa shape index (κ1) is 42.2. The van der Waals surface area contributed by atoms with Crippen molar-refractivity contribution >= 4 is 62.9 Å². The summed E-state index contributed by atoms with van der Waals surface area (Å²) >= 11 is 0. The molecule has 4 aliphatic heterocycles. The van der Waals surface area contributed by atoms with Gasteiger partial charge >= 0.3 is 0 Å². The number of anilines is 7. The predicted octanol–water partition coefficient (Wildman–Crippen LogP) is 15.3. The van der Waals surface area contributed by atoms with Crippen LogP contribution in [0.25, 0.3) is 33.4 Å². The average molecular weight is 928 g/mol. The molecule has 4 atom stereocenters. The molecule has 0 amide bonds. The second kappa shape index (κ2) is 15.0. The van der Waals surface area contributed by atoms with E-state index in [4.69, 9.17) is 0 Å². The maximum atomic E-state index is 2.88. The van der Waals surface area contributed by atoms with Crippen LogP contribution in [0, 0.1) is 0 Å². The third kappa shape index (κ3) is 5.43. The van der Waals surface area contributed by atoms with Gasteiger partial charge in [0.05, 0.1) is 11.1 Å². The summed E-state index contributed by atoms with van der Waals surface area (Å²) in [7, 11) is 0. The van der Waals surface area contributed by atoms with Crippen molar-refractivity contribution < 1.29 is 0 Å². The lowest BCUT2D eigenvalue weighted by atomic mass is 9.33. The number of fused-ring (bicyclic) bond motifs is 12. The lowest BCUT2D eigenvalue weighted by Gasteiger charge is -2.54. The highest BCUT2D eigenvalue weighted by Gasteiger charge is 2.64. The first-order valence-corrected chi connectivity index (χ1v) is 26.5. The normalized spacial score (nSPS) is 23.6. The van der Waals surface area contributed by atoms with Gasteiger partial charge in [-0.1, -0.05) is 190 Å². The van der Waals surface area contributed by atoms with E-state index in [2.05, 4.69) is 249 Å². The smallest absolute Gasteiger partial charge is 0.252 e. The zero-order valence-corrected chi connectivity index (χ0v) is 41.8. The second-order valence-electron chi connectivity index (χ2n) is 22.6. The van der Waals surface area contributed by atoms with Gasteiger partial charge < -0.3 is 14.7 Å². The Bertz CT molecular complexity index is 3680. The largest absolute Gasteiger partial charge is 0.334 e. The summed E-state index contributed by atoms with van der Waals surface area (Å²) in [6, 6.07) is 79.0. The van der Waals surface area contributed by atoms with Crippen LogP contribution in [0.5, 0.6) is 0 Å². The first-order chi connectivity index (χ1) is 35.2. The van der Waals surface area contributed by atoms with E-state index in [0.29, 0.717) is 0 Å². The zero-order chi connectivity index (χ0) is 48.1.